The van der Waals surface area contributed by atoms with Gasteiger partial charge in [0.15, 0.2) is 0 Å². The number of azo groups is 1. The van der Waals surface area contributed by atoms with Crippen molar-refractivity contribution < 1.29 is 31.0 Å². The molecule has 0 fully saturated rings. The first-order valence-corrected chi connectivity index (χ1v) is 10.2. The topological polar surface area (TPSA) is 154 Å². The molecule has 9 nitrogen and oxygen atoms in total. The quantitative estimate of drug-likeness (QED) is 0.441. The number of phenolic OH excluding ortho intramolecular Hbond substituents is 1. The average Bonchev–Trinajstić information content (AvgIpc) is 2.58. The van der Waals surface area contributed by atoms with Crippen LogP contribution in [0.4, 0.5) is 11.4 Å². The first-order valence-electron chi connectivity index (χ1n) is 7.28. The van der Waals surface area contributed by atoms with E-state index in [1.807, 2.05) is 0 Å². The molecular formula is C16H12N2O7S2. The molecule has 0 unspecified atom stereocenters. The lowest BCUT2D eigenvalue weighted by Gasteiger charge is -2.05. The van der Waals surface area contributed by atoms with Gasteiger partial charge in [0.2, 0.25) is 0 Å². The largest absolute Gasteiger partial charge is 0.506 e. The summed E-state index contributed by atoms with van der Waals surface area (Å²) in [6.45, 7) is 0. The Labute approximate surface area is 154 Å². The Morgan fingerprint density at radius 2 is 1.30 bits per heavy atom. The smallest absolute Gasteiger partial charge is 0.294 e. The summed E-state index contributed by atoms with van der Waals surface area (Å²) < 4.78 is 63.7. The van der Waals surface area contributed by atoms with Crippen LogP contribution in [-0.2, 0) is 20.2 Å². The molecule has 27 heavy (non-hydrogen) atoms. The van der Waals surface area contributed by atoms with Gasteiger partial charge in [-0.05, 0) is 35.7 Å². The summed E-state index contributed by atoms with van der Waals surface area (Å²) in [6, 6.07) is 11.9. The van der Waals surface area contributed by atoms with E-state index in [1.54, 1.807) is 24.3 Å². The molecule has 0 atom stereocenters. The molecule has 0 aromatic heterocycles. The monoisotopic (exact) mass is 408 g/mol. The van der Waals surface area contributed by atoms with E-state index in [4.69, 9.17) is 4.55 Å². The van der Waals surface area contributed by atoms with Gasteiger partial charge in [-0.2, -0.15) is 16.8 Å². The van der Waals surface area contributed by atoms with Gasteiger partial charge < -0.3 is 5.11 Å². The molecule has 0 amide bonds. The molecule has 0 heterocycles. The lowest BCUT2D eigenvalue weighted by molar-refractivity contribution is 0.473. The Balaban J connectivity index is 2.17. The van der Waals surface area contributed by atoms with Crippen molar-refractivity contribution in [2.75, 3.05) is 0 Å². The summed E-state index contributed by atoms with van der Waals surface area (Å²) >= 11 is 0. The van der Waals surface area contributed by atoms with E-state index >= 15 is 0 Å². The predicted octanol–water partition coefficient (Wildman–Crippen LogP) is 3.45. The molecule has 0 saturated carbocycles. The van der Waals surface area contributed by atoms with Crippen molar-refractivity contribution in [3.05, 3.63) is 54.6 Å². The average molecular weight is 408 g/mol. The van der Waals surface area contributed by atoms with Crippen LogP contribution in [0.1, 0.15) is 0 Å². The van der Waals surface area contributed by atoms with Crippen LogP contribution in [-0.4, -0.2) is 31.0 Å². The SMILES string of the molecule is O=S(=O)(O)c1ccc(O)c(N=Nc2cc(S(=O)(=O)O)cc3ccccc23)c1. The predicted molar refractivity (Wildman–Crippen MR) is 95.9 cm³/mol. The van der Waals surface area contributed by atoms with Gasteiger partial charge in [0.25, 0.3) is 20.2 Å². The second-order valence-electron chi connectivity index (χ2n) is 5.46. The fourth-order valence-corrected chi connectivity index (χ4v) is 3.38. The summed E-state index contributed by atoms with van der Waals surface area (Å²) in [5.41, 5.74) is -0.191. The van der Waals surface area contributed by atoms with Gasteiger partial charge in [-0.1, -0.05) is 24.3 Å². The van der Waals surface area contributed by atoms with Gasteiger partial charge in [0.05, 0.1) is 15.5 Å². The maximum atomic E-state index is 11.5. The lowest BCUT2D eigenvalue weighted by atomic mass is 10.1. The fourth-order valence-electron chi connectivity index (χ4n) is 2.35. The summed E-state index contributed by atoms with van der Waals surface area (Å²) in [5, 5.41) is 18.4. The lowest BCUT2D eigenvalue weighted by Crippen LogP contribution is -1.97. The molecule has 0 bridgehead atoms. The van der Waals surface area contributed by atoms with Crippen LogP contribution in [0.3, 0.4) is 0 Å². The number of hydrogen-bond donors (Lipinski definition) is 3. The second kappa shape index (κ2) is 6.70. The van der Waals surface area contributed by atoms with Gasteiger partial charge in [0.1, 0.15) is 11.4 Å². The Hall–Kier alpha value is -2.86. The molecule has 0 aliphatic carbocycles. The summed E-state index contributed by atoms with van der Waals surface area (Å²) in [5.74, 6) is -0.401. The zero-order valence-corrected chi connectivity index (χ0v) is 15.0. The van der Waals surface area contributed by atoms with Crippen molar-refractivity contribution in [3.63, 3.8) is 0 Å². The van der Waals surface area contributed by atoms with E-state index in [-0.39, 0.29) is 11.4 Å². The minimum atomic E-state index is -4.51. The number of aromatic hydroxyl groups is 1. The Bertz CT molecular complexity index is 1280. The first-order chi connectivity index (χ1) is 12.6. The zero-order valence-electron chi connectivity index (χ0n) is 13.4. The van der Waals surface area contributed by atoms with Gasteiger partial charge >= 0.3 is 0 Å². The zero-order chi connectivity index (χ0) is 19.8. The van der Waals surface area contributed by atoms with E-state index < -0.39 is 35.8 Å². The van der Waals surface area contributed by atoms with Gasteiger partial charge in [-0.15, -0.1) is 10.2 Å². The number of phenols is 1. The van der Waals surface area contributed by atoms with E-state index in [9.17, 15) is 26.5 Å². The number of rotatable bonds is 4. The highest BCUT2D eigenvalue weighted by Gasteiger charge is 2.15. The van der Waals surface area contributed by atoms with Gasteiger partial charge in [-0.25, -0.2) is 0 Å². The molecule has 3 aromatic rings. The molecule has 140 valence electrons. The molecule has 0 radical (unpaired) electrons. The van der Waals surface area contributed by atoms with Crippen molar-refractivity contribution in [2.24, 2.45) is 10.2 Å². The van der Waals surface area contributed by atoms with Crippen LogP contribution in [0.25, 0.3) is 10.8 Å². The molecule has 0 aliphatic rings. The third-order valence-electron chi connectivity index (χ3n) is 3.62. The number of nitrogens with zero attached hydrogens (tertiary/aromatic N) is 2. The third kappa shape index (κ3) is 4.11. The normalized spacial score (nSPS) is 12.7. The highest BCUT2D eigenvalue weighted by Crippen LogP contribution is 2.34. The Kier molecular flexibility index (Phi) is 4.70. The number of fused-ring (bicyclic) bond motifs is 1. The van der Waals surface area contributed by atoms with Crippen LogP contribution in [0.2, 0.25) is 0 Å². The van der Waals surface area contributed by atoms with Crippen molar-refractivity contribution in [1.82, 2.24) is 0 Å². The molecule has 3 rings (SSSR count). The maximum absolute atomic E-state index is 11.5. The van der Waals surface area contributed by atoms with Crippen molar-refractivity contribution in [3.8, 4) is 5.75 Å². The highest BCUT2D eigenvalue weighted by atomic mass is 32.2. The molecule has 3 aromatic carbocycles. The van der Waals surface area contributed by atoms with Gasteiger partial charge in [-0.3, -0.25) is 9.11 Å². The summed E-state index contributed by atoms with van der Waals surface area (Å²) in [6.07, 6.45) is 0. The minimum absolute atomic E-state index is 0.0670. The molecule has 11 heteroatoms. The van der Waals surface area contributed by atoms with Crippen LogP contribution in [0.5, 0.6) is 5.75 Å². The first kappa shape index (κ1) is 18.9. The van der Waals surface area contributed by atoms with Crippen LogP contribution in [0, 0.1) is 0 Å². The Morgan fingerprint density at radius 1 is 0.704 bits per heavy atom. The molecular weight excluding hydrogens is 396 g/mol. The molecule has 0 saturated heterocycles. The number of benzene rings is 3. The number of hydrogen-bond acceptors (Lipinski definition) is 7. The Morgan fingerprint density at radius 3 is 1.96 bits per heavy atom. The summed E-state index contributed by atoms with van der Waals surface area (Å²) in [4.78, 5) is -0.892. The van der Waals surface area contributed by atoms with E-state index in [0.717, 1.165) is 24.3 Å². The van der Waals surface area contributed by atoms with Crippen molar-refractivity contribution in [2.45, 2.75) is 9.79 Å². The minimum Gasteiger partial charge on any atom is -0.506 e. The van der Waals surface area contributed by atoms with Crippen LogP contribution >= 0.6 is 0 Å². The highest BCUT2D eigenvalue weighted by molar-refractivity contribution is 7.86. The van der Waals surface area contributed by atoms with Crippen LogP contribution < -0.4 is 0 Å². The second-order valence-corrected chi connectivity index (χ2v) is 8.31. The van der Waals surface area contributed by atoms with E-state index in [1.165, 1.54) is 6.07 Å². The van der Waals surface area contributed by atoms with Crippen molar-refractivity contribution in [1.29, 1.82) is 0 Å². The molecule has 0 spiro atoms. The standard InChI is InChI=1S/C16H12N2O7S2/c19-16-6-5-11(26(20,21)22)8-15(16)18-17-14-9-12(27(23,24)25)7-10-3-1-2-4-13(10)14/h1-9,19H,(H,20,21,22)(H,23,24,25). The fraction of sp³-hybridized carbons (Fsp3) is 0. The third-order valence-corrected chi connectivity index (χ3v) is 5.30. The summed E-state index contributed by atoms with van der Waals surface area (Å²) in [7, 11) is -9.01. The van der Waals surface area contributed by atoms with Crippen molar-refractivity contribution >= 4 is 42.4 Å². The maximum Gasteiger partial charge on any atom is 0.294 e. The molecule has 3 N–H and O–H groups in total. The van der Waals surface area contributed by atoms with Crippen LogP contribution in [0.15, 0.2) is 74.6 Å². The van der Waals surface area contributed by atoms with Gasteiger partial charge in [0, 0.05) is 5.39 Å². The molecule has 0 aliphatic heterocycles. The van der Waals surface area contributed by atoms with E-state index in [0.29, 0.717) is 10.8 Å². The van der Waals surface area contributed by atoms with E-state index in [2.05, 4.69) is 10.2 Å².